The van der Waals surface area contributed by atoms with Crippen molar-refractivity contribution in [2.75, 3.05) is 6.54 Å². The van der Waals surface area contributed by atoms with Crippen molar-refractivity contribution in [2.45, 2.75) is 0 Å². The van der Waals surface area contributed by atoms with E-state index in [1.807, 2.05) is 0 Å². The molecule has 14 heavy (non-hydrogen) atoms. The minimum atomic E-state index is -0.527. The zero-order valence-electron chi connectivity index (χ0n) is 7.53. The van der Waals surface area contributed by atoms with Gasteiger partial charge in [-0.25, -0.2) is 0 Å². The van der Waals surface area contributed by atoms with Crippen LogP contribution in [0.1, 0.15) is 10.4 Å². The fourth-order valence-electron chi connectivity index (χ4n) is 1.01. The van der Waals surface area contributed by atoms with Crippen molar-refractivity contribution in [1.82, 2.24) is 5.32 Å². The Balaban J connectivity index is 2.94. The Morgan fingerprint density at radius 3 is 2.50 bits per heavy atom. The molecule has 0 aromatic heterocycles. The Kier molecular flexibility index (Phi) is 3.12. The lowest BCUT2D eigenvalue weighted by molar-refractivity contribution is 0.0952. The van der Waals surface area contributed by atoms with E-state index in [1.165, 1.54) is 24.3 Å². The number of carbonyl (C=O) groups excluding carboxylic acids is 1. The Morgan fingerprint density at radius 2 is 2.00 bits per heavy atom. The van der Waals surface area contributed by atoms with Crippen LogP contribution in [0.3, 0.4) is 0 Å². The highest BCUT2D eigenvalue weighted by atomic mass is 16.3. The zero-order chi connectivity index (χ0) is 10.6. The van der Waals surface area contributed by atoms with Crippen molar-refractivity contribution in [2.24, 2.45) is 0 Å². The van der Waals surface area contributed by atoms with Crippen molar-refractivity contribution < 1.29 is 15.0 Å². The molecular weight excluding hydrogens is 182 g/mol. The number of hydrogen-bond donors (Lipinski definition) is 3. The van der Waals surface area contributed by atoms with Gasteiger partial charge in [-0.3, -0.25) is 4.79 Å². The summed E-state index contributed by atoms with van der Waals surface area (Å²) in [5.74, 6) is -1.02. The molecule has 4 nitrogen and oxygen atoms in total. The first-order valence-electron chi connectivity index (χ1n) is 4.07. The molecule has 0 heterocycles. The van der Waals surface area contributed by atoms with Crippen LogP contribution in [0.2, 0.25) is 0 Å². The van der Waals surface area contributed by atoms with Crippen LogP contribution in [0.15, 0.2) is 30.9 Å². The number of rotatable bonds is 3. The van der Waals surface area contributed by atoms with Gasteiger partial charge in [0.25, 0.3) is 5.91 Å². The maximum Gasteiger partial charge on any atom is 0.259 e. The molecule has 4 heteroatoms. The van der Waals surface area contributed by atoms with E-state index in [0.29, 0.717) is 0 Å². The minimum Gasteiger partial charge on any atom is -0.507 e. The summed E-state index contributed by atoms with van der Waals surface area (Å²) in [5, 5.41) is 21.1. The molecule has 0 unspecified atom stereocenters. The van der Waals surface area contributed by atoms with Crippen LogP contribution < -0.4 is 5.32 Å². The molecule has 0 fully saturated rings. The summed E-state index contributed by atoms with van der Waals surface area (Å²) >= 11 is 0. The monoisotopic (exact) mass is 193 g/mol. The van der Waals surface area contributed by atoms with Gasteiger partial charge in [-0.2, -0.15) is 0 Å². The number of amides is 1. The fraction of sp³-hybridized carbons (Fsp3) is 0.100. The Bertz CT molecular complexity index is 340. The molecule has 74 valence electrons. The molecule has 0 aliphatic carbocycles. The standard InChI is InChI=1S/C10H11NO3/c1-2-6-11-10(14)9-7(12)4-3-5-8(9)13/h2-5,12-13H,1,6H2,(H,11,14). The van der Waals surface area contributed by atoms with Gasteiger partial charge in [0.2, 0.25) is 0 Å². The first kappa shape index (κ1) is 10.1. The first-order valence-corrected chi connectivity index (χ1v) is 4.07. The van der Waals surface area contributed by atoms with Gasteiger partial charge in [0.15, 0.2) is 0 Å². The molecule has 0 radical (unpaired) electrons. The summed E-state index contributed by atoms with van der Waals surface area (Å²) in [6.45, 7) is 3.72. The summed E-state index contributed by atoms with van der Waals surface area (Å²) < 4.78 is 0. The number of benzene rings is 1. The summed E-state index contributed by atoms with van der Waals surface area (Å²) in [6, 6.07) is 4.13. The Morgan fingerprint density at radius 1 is 1.43 bits per heavy atom. The van der Waals surface area contributed by atoms with Crippen LogP contribution in [0, 0.1) is 0 Å². The quantitative estimate of drug-likeness (QED) is 0.627. The number of nitrogens with one attached hydrogen (secondary N) is 1. The van der Waals surface area contributed by atoms with Gasteiger partial charge in [-0.05, 0) is 12.1 Å². The summed E-state index contributed by atoms with van der Waals surface area (Å²) in [7, 11) is 0. The lowest BCUT2D eigenvalue weighted by Crippen LogP contribution is -2.23. The highest BCUT2D eigenvalue weighted by molar-refractivity contribution is 5.99. The second-order valence-electron chi connectivity index (χ2n) is 2.67. The predicted molar refractivity (Wildman–Crippen MR) is 52.3 cm³/mol. The first-order chi connectivity index (χ1) is 6.66. The van der Waals surface area contributed by atoms with E-state index in [2.05, 4.69) is 11.9 Å². The molecule has 0 atom stereocenters. The van der Waals surface area contributed by atoms with Gasteiger partial charge in [0.05, 0.1) is 0 Å². The SMILES string of the molecule is C=CCNC(=O)c1c(O)cccc1O. The normalized spacial score (nSPS) is 9.43. The van der Waals surface area contributed by atoms with Crippen LogP contribution in [0.4, 0.5) is 0 Å². The van der Waals surface area contributed by atoms with Gasteiger partial charge in [-0.1, -0.05) is 12.1 Å². The van der Waals surface area contributed by atoms with E-state index in [4.69, 9.17) is 0 Å². The molecule has 0 bridgehead atoms. The van der Waals surface area contributed by atoms with E-state index in [1.54, 1.807) is 0 Å². The molecule has 0 aliphatic heterocycles. The van der Waals surface area contributed by atoms with Gasteiger partial charge >= 0.3 is 0 Å². The van der Waals surface area contributed by atoms with Crippen LogP contribution in [-0.2, 0) is 0 Å². The second-order valence-corrected chi connectivity index (χ2v) is 2.67. The number of aromatic hydroxyl groups is 2. The van der Waals surface area contributed by atoms with Gasteiger partial charge in [0, 0.05) is 6.54 Å². The highest BCUT2D eigenvalue weighted by Crippen LogP contribution is 2.25. The topological polar surface area (TPSA) is 69.6 Å². The van der Waals surface area contributed by atoms with E-state index >= 15 is 0 Å². The van der Waals surface area contributed by atoms with E-state index < -0.39 is 5.91 Å². The van der Waals surface area contributed by atoms with Crippen LogP contribution in [0.25, 0.3) is 0 Å². The molecule has 0 saturated heterocycles. The Hall–Kier alpha value is -1.97. The predicted octanol–water partition coefficient (Wildman–Crippen LogP) is 1.01. The highest BCUT2D eigenvalue weighted by Gasteiger charge is 2.14. The molecule has 1 amide bonds. The smallest absolute Gasteiger partial charge is 0.259 e. The third kappa shape index (κ3) is 2.04. The molecule has 1 aromatic carbocycles. The number of phenols is 2. The molecule has 1 rings (SSSR count). The molecule has 0 saturated carbocycles. The minimum absolute atomic E-state index is 0.116. The van der Waals surface area contributed by atoms with Gasteiger partial charge in [0.1, 0.15) is 17.1 Å². The number of hydrogen-bond acceptors (Lipinski definition) is 3. The molecule has 3 N–H and O–H groups in total. The maximum absolute atomic E-state index is 11.4. The summed E-state index contributed by atoms with van der Waals surface area (Å²) in [6.07, 6.45) is 1.51. The molecule has 0 spiro atoms. The van der Waals surface area contributed by atoms with E-state index in [0.717, 1.165) is 0 Å². The third-order valence-corrected chi connectivity index (χ3v) is 1.65. The molecule has 0 aliphatic rings. The average Bonchev–Trinajstić information content (AvgIpc) is 2.14. The average molecular weight is 193 g/mol. The van der Waals surface area contributed by atoms with E-state index in [-0.39, 0.29) is 23.6 Å². The lowest BCUT2D eigenvalue weighted by atomic mass is 10.1. The maximum atomic E-state index is 11.4. The van der Waals surface area contributed by atoms with Crippen molar-refractivity contribution in [1.29, 1.82) is 0 Å². The van der Waals surface area contributed by atoms with Crippen LogP contribution in [0.5, 0.6) is 11.5 Å². The van der Waals surface area contributed by atoms with Crippen LogP contribution in [-0.4, -0.2) is 22.7 Å². The molecular formula is C10H11NO3. The summed E-state index contributed by atoms with van der Waals surface area (Å²) in [5.41, 5.74) is -0.116. The van der Waals surface area contributed by atoms with Crippen molar-refractivity contribution in [3.05, 3.63) is 36.4 Å². The largest absolute Gasteiger partial charge is 0.507 e. The van der Waals surface area contributed by atoms with Gasteiger partial charge < -0.3 is 15.5 Å². The van der Waals surface area contributed by atoms with E-state index in [9.17, 15) is 15.0 Å². The number of carbonyl (C=O) groups is 1. The van der Waals surface area contributed by atoms with Crippen molar-refractivity contribution in [3.8, 4) is 11.5 Å². The lowest BCUT2D eigenvalue weighted by Gasteiger charge is -2.06. The fourth-order valence-corrected chi connectivity index (χ4v) is 1.01. The van der Waals surface area contributed by atoms with Gasteiger partial charge in [-0.15, -0.1) is 6.58 Å². The molecule has 1 aromatic rings. The summed E-state index contributed by atoms with van der Waals surface area (Å²) in [4.78, 5) is 11.4. The van der Waals surface area contributed by atoms with Crippen molar-refractivity contribution in [3.63, 3.8) is 0 Å². The third-order valence-electron chi connectivity index (χ3n) is 1.65. The Labute approximate surface area is 81.5 Å². The number of phenolic OH excluding ortho intramolecular Hbond substituents is 2. The van der Waals surface area contributed by atoms with Crippen molar-refractivity contribution >= 4 is 5.91 Å². The van der Waals surface area contributed by atoms with Crippen LogP contribution >= 0.6 is 0 Å². The zero-order valence-corrected chi connectivity index (χ0v) is 7.53. The second kappa shape index (κ2) is 4.32.